The fourth-order valence-electron chi connectivity index (χ4n) is 4.03. The molecule has 4 rings (SSSR count). The van der Waals surface area contributed by atoms with Crippen LogP contribution in [-0.4, -0.2) is 45.3 Å². The van der Waals surface area contributed by atoms with Crippen molar-refractivity contribution >= 4 is 40.8 Å². The monoisotopic (exact) mass is 507 g/mol. The first-order valence-corrected chi connectivity index (χ1v) is 10.1. The molecule has 3 aromatic rings. The lowest BCUT2D eigenvalue weighted by molar-refractivity contribution is 0.392. The van der Waals surface area contributed by atoms with Crippen LogP contribution in [0.2, 0.25) is 0 Å². The standard InChI is InChI=1S/C21H29N7.HI/c1-4-15-6-5-7-18-16(12-24-20(15)18)10-11-23-21(22-3)26-17-8-9-19-25-14(2)27-28(19)13-17;/h5-7,12,17,24H,4,8-11,13H2,1-3H3,(H2,22,23,26);1H. The molecule has 1 aliphatic rings. The van der Waals surface area contributed by atoms with Crippen LogP contribution in [0.15, 0.2) is 29.4 Å². The minimum Gasteiger partial charge on any atom is -0.361 e. The number of halogens is 1. The van der Waals surface area contributed by atoms with E-state index < -0.39 is 0 Å². The zero-order valence-electron chi connectivity index (χ0n) is 17.3. The second-order valence-corrected chi connectivity index (χ2v) is 7.39. The highest BCUT2D eigenvalue weighted by molar-refractivity contribution is 14.0. The highest BCUT2D eigenvalue weighted by Crippen LogP contribution is 2.22. The SMILES string of the molecule is CCc1cccc2c(CCNC(=NC)NC3CCc4nc(C)nn4C3)c[nH]c12.I. The molecule has 8 heteroatoms. The number of aryl methyl sites for hydroxylation is 3. The highest BCUT2D eigenvalue weighted by atomic mass is 127. The summed E-state index contributed by atoms with van der Waals surface area (Å²) in [6.07, 6.45) is 6.12. The van der Waals surface area contributed by atoms with Crippen molar-refractivity contribution < 1.29 is 0 Å². The van der Waals surface area contributed by atoms with Gasteiger partial charge in [0, 0.05) is 43.2 Å². The van der Waals surface area contributed by atoms with Crippen molar-refractivity contribution in [1.82, 2.24) is 30.4 Å². The minimum absolute atomic E-state index is 0. The molecule has 0 saturated carbocycles. The minimum atomic E-state index is 0. The number of para-hydroxylation sites is 1. The summed E-state index contributed by atoms with van der Waals surface area (Å²) >= 11 is 0. The summed E-state index contributed by atoms with van der Waals surface area (Å²) in [7, 11) is 1.82. The number of fused-ring (bicyclic) bond motifs is 2. The van der Waals surface area contributed by atoms with Gasteiger partial charge in [0.1, 0.15) is 11.6 Å². The maximum atomic E-state index is 4.48. The van der Waals surface area contributed by atoms with Crippen LogP contribution in [0, 0.1) is 6.92 Å². The van der Waals surface area contributed by atoms with Gasteiger partial charge in [0.15, 0.2) is 5.96 Å². The van der Waals surface area contributed by atoms with Crippen LogP contribution in [0.1, 0.15) is 36.1 Å². The fraction of sp³-hybridized carbons (Fsp3) is 0.476. The van der Waals surface area contributed by atoms with Crippen molar-refractivity contribution in [3.8, 4) is 0 Å². The number of H-pyrrole nitrogens is 1. The Bertz CT molecular complexity index is 988. The van der Waals surface area contributed by atoms with E-state index in [1.807, 2.05) is 18.7 Å². The molecule has 1 unspecified atom stereocenters. The maximum Gasteiger partial charge on any atom is 0.191 e. The van der Waals surface area contributed by atoms with Crippen LogP contribution < -0.4 is 10.6 Å². The Balaban J connectivity index is 0.00000240. The quantitative estimate of drug-likeness (QED) is 0.282. The van der Waals surface area contributed by atoms with Crippen molar-refractivity contribution in [2.45, 2.75) is 52.1 Å². The van der Waals surface area contributed by atoms with Crippen LogP contribution in [0.4, 0.5) is 0 Å². The number of hydrogen-bond acceptors (Lipinski definition) is 3. The molecule has 0 spiro atoms. The van der Waals surface area contributed by atoms with E-state index in [1.165, 1.54) is 22.0 Å². The molecule has 1 atom stereocenters. The third-order valence-electron chi connectivity index (χ3n) is 5.48. The highest BCUT2D eigenvalue weighted by Gasteiger charge is 2.21. The van der Waals surface area contributed by atoms with Gasteiger partial charge in [-0.15, -0.1) is 24.0 Å². The molecular formula is C21H30IN7. The number of aromatic amines is 1. The van der Waals surface area contributed by atoms with Crippen LogP contribution in [-0.2, 0) is 25.8 Å². The summed E-state index contributed by atoms with van der Waals surface area (Å²) < 4.78 is 2.01. The maximum absolute atomic E-state index is 4.48. The molecule has 7 nitrogen and oxygen atoms in total. The average molecular weight is 507 g/mol. The van der Waals surface area contributed by atoms with E-state index in [-0.39, 0.29) is 24.0 Å². The van der Waals surface area contributed by atoms with Gasteiger partial charge < -0.3 is 15.6 Å². The molecule has 2 aromatic heterocycles. The first-order valence-electron chi connectivity index (χ1n) is 10.1. The molecule has 3 N–H and O–H groups in total. The van der Waals surface area contributed by atoms with Gasteiger partial charge in [0.05, 0.1) is 6.54 Å². The van der Waals surface area contributed by atoms with E-state index in [1.54, 1.807) is 0 Å². The molecule has 3 heterocycles. The van der Waals surface area contributed by atoms with E-state index in [4.69, 9.17) is 0 Å². The molecular weight excluding hydrogens is 477 g/mol. The van der Waals surface area contributed by atoms with Crippen LogP contribution in [0.3, 0.4) is 0 Å². The fourth-order valence-corrected chi connectivity index (χ4v) is 4.03. The summed E-state index contributed by atoms with van der Waals surface area (Å²) in [5.74, 6) is 2.78. The van der Waals surface area contributed by atoms with Crippen LogP contribution >= 0.6 is 24.0 Å². The summed E-state index contributed by atoms with van der Waals surface area (Å²) in [6, 6.07) is 6.86. The number of aromatic nitrogens is 4. The topological polar surface area (TPSA) is 82.9 Å². The molecule has 29 heavy (non-hydrogen) atoms. The number of nitrogens with zero attached hydrogens (tertiary/aromatic N) is 4. The Kier molecular flexibility index (Phi) is 7.15. The first-order chi connectivity index (χ1) is 13.7. The summed E-state index contributed by atoms with van der Waals surface area (Å²) in [6.45, 7) is 5.81. The van der Waals surface area contributed by atoms with Crippen molar-refractivity contribution in [1.29, 1.82) is 0 Å². The number of aliphatic imine (C=N–C) groups is 1. The summed E-state index contributed by atoms with van der Waals surface area (Å²) in [5.41, 5.74) is 3.98. The van der Waals surface area contributed by atoms with Gasteiger partial charge in [-0.1, -0.05) is 25.1 Å². The molecule has 0 amide bonds. The normalized spacial score (nSPS) is 16.4. The third kappa shape index (κ3) is 4.73. The van der Waals surface area contributed by atoms with E-state index in [0.717, 1.165) is 56.4 Å². The second-order valence-electron chi connectivity index (χ2n) is 7.39. The van der Waals surface area contributed by atoms with Crippen LogP contribution in [0.5, 0.6) is 0 Å². The van der Waals surface area contributed by atoms with E-state index >= 15 is 0 Å². The van der Waals surface area contributed by atoms with Gasteiger partial charge in [-0.3, -0.25) is 4.99 Å². The Hall–Kier alpha value is -2.10. The largest absolute Gasteiger partial charge is 0.361 e. The Morgan fingerprint density at radius 2 is 2.21 bits per heavy atom. The predicted octanol–water partition coefficient (Wildman–Crippen LogP) is 2.97. The zero-order valence-corrected chi connectivity index (χ0v) is 19.7. The van der Waals surface area contributed by atoms with Crippen molar-refractivity contribution in [3.63, 3.8) is 0 Å². The lowest BCUT2D eigenvalue weighted by Crippen LogP contribution is -2.47. The van der Waals surface area contributed by atoms with Crippen LogP contribution in [0.25, 0.3) is 10.9 Å². The zero-order chi connectivity index (χ0) is 19.5. The molecule has 0 saturated heterocycles. The number of guanidine groups is 1. The lowest BCUT2D eigenvalue weighted by atomic mass is 10.1. The number of nitrogens with one attached hydrogen (secondary N) is 3. The van der Waals surface area contributed by atoms with Crippen molar-refractivity contribution in [2.24, 2.45) is 4.99 Å². The van der Waals surface area contributed by atoms with Gasteiger partial charge in [-0.05, 0) is 37.3 Å². The molecule has 0 fully saturated rings. The Morgan fingerprint density at radius 3 is 3.00 bits per heavy atom. The second kappa shape index (κ2) is 9.60. The molecule has 156 valence electrons. The van der Waals surface area contributed by atoms with Gasteiger partial charge in [-0.25, -0.2) is 9.67 Å². The molecule has 0 bridgehead atoms. The Morgan fingerprint density at radius 1 is 1.34 bits per heavy atom. The summed E-state index contributed by atoms with van der Waals surface area (Å²) in [4.78, 5) is 12.3. The van der Waals surface area contributed by atoms with Crippen molar-refractivity contribution in [2.75, 3.05) is 13.6 Å². The predicted molar refractivity (Wildman–Crippen MR) is 128 cm³/mol. The molecule has 1 aliphatic heterocycles. The third-order valence-corrected chi connectivity index (χ3v) is 5.48. The van der Waals surface area contributed by atoms with Crippen molar-refractivity contribution in [3.05, 3.63) is 47.2 Å². The number of benzene rings is 1. The van der Waals surface area contributed by atoms with E-state index in [9.17, 15) is 0 Å². The van der Waals surface area contributed by atoms with Gasteiger partial charge in [-0.2, -0.15) is 5.10 Å². The molecule has 0 aliphatic carbocycles. The molecule has 0 radical (unpaired) electrons. The smallest absolute Gasteiger partial charge is 0.191 e. The first kappa shape index (κ1) is 21.6. The average Bonchev–Trinajstić information content (AvgIpc) is 3.29. The van der Waals surface area contributed by atoms with Gasteiger partial charge >= 0.3 is 0 Å². The lowest BCUT2D eigenvalue weighted by Gasteiger charge is -2.25. The molecule has 1 aromatic carbocycles. The van der Waals surface area contributed by atoms with Gasteiger partial charge in [0.2, 0.25) is 0 Å². The number of hydrogen-bond donors (Lipinski definition) is 3. The van der Waals surface area contributed by atoms with E-state index in [2.05, 4.69) is 62.0 Å². The van der Waals surface area contributed by atoms with E-state index in [0.29, 0.717) is 6.04 Å². The number of rotatable bonds is 5. The Labute approximate surface area is 188 Å². The van der Waals surface area contributed by atoms with Gasteiger partial charge in [0.25, 0.3) is 0 Å². The summed E-state index contributed by atoms with van der Waals surface area (Å²) in [5, 5.41) is 12.8.